The molecule has 124 valence electrons. The van der Waals surface area contributed by atoms with Crippen molar-refractivity contribution in [2.24, 2.45) is 0 Å². The molecule has 2 fully saturated rings. The number of anilines is 1. The van der Waals surface area contributed by atoms with Crippen molar-refractivity contribution in [2.45, 2.75) is 37.0 Å². The second kappa shape index (κ2) is 5.45. The minimum Gasteiger partial charge on any atom is -0.353 e. The van der Waals surface area contributed by atoms with Gasteiger partial charge in [0.05, 0.1) is 11.4 Å². The number of hydrogen-bond acceptors (Lipinski definition) is 5. The number of sulfonamides is 1. The molecule has 3 heterocycles. The normalized spacial score (nSPS) is 22.9. The molecule has 23 heavy (non-hydrogen) atoms. The quantitative estimate of drug-likeness (QED) is 0.837. The van der Waals surface area contributed by atoms with E-state index >= 15 is 0 Å². The zero-order valence-electron chi connectivity index (χ0n) is 13.2. The lowest BCUT2D eigenvalue weighted by atomic mass is 10.1. The summed E-state index contributed by atoms with van der Waals surface area (Å²) < 4.78 is 28.4. The van der Waals surface area contributed by atoms with Crippen molar-refractivity contribution in [3.8, 4) is 0 Å². The van der Waals surface area contributed by atoms with Crippen LogP contribution < -0.4 is 4.90 Å². The van der Waals surface area contributed by atoms with Crippen LogP contribution in [-0.4, -0.2) is 58.8 Å². The van der Waals surface area contributed by atoms with Gasteiger partial charge in [-0.15, -0.1) is 0 Å². The first kappa shape index (κ1) is 14.9. The highest BCUT2D eigenvalue weighted by molar-refractivity contribution is 7.90. The van der Waals surface area contributed by atoms with Crippen LogP contribution >= 0.6 is 0 Å². The average Bonchev–Trinajstić information content (AvgIpc) is 3.32. The third kappa shape index (κ3) is 2.59. The predicted octanol–water partition coefficient (Wildman–Crippen LogP) is 1.12. The zero-order valence-corrected chi connectivity index (χ0v) is 14.0. The number of piperidine rings is 1. The van der Waals surface area contributed by atoms with Crippen molar-refractivity contribution in [1.29, 1.82) is 0 Å². The van der Waals surface area contributed by atoms with Crippen LogP contribution in [0.1, 0.15) is 25.7 Å². The van der Waals surface area contributed by atoms with E-state index in [1.54, 1.807) is 28.3 Å². The van der Waals surface area contributed by atoms with Gasteiger partial charge in [0, 0.05) is 38.6 Å². The van der Waals surface area contributed by atoms with Crippen LogP contribution in [0.15, 0.2) is 24.7 Å². The minimum atomic E-state index is -3.13. The SMILES string of the molecule is CN(C1CCCN(c2nccn3nccc23)C1)S(=O)(=O)C1CC1. The Balaban J connectivity index is 1.58. The molecular formula is C15H21N5O2S. The van der Waals surface area contributed by atoms with E-state index in [1.807, 2.05) is 12.3 Å². The van der Waals surface area contributed by atoms with Crippen molar-refractivity contribution in [2.75, 3.05) is 25.0 Å². The van der Waals surface area contributed by atoms with Crippen LogP contribution in [0, 0.1) is 0 Å². The summed E-state index contributed by atoms with van der Waals surface area (Å²) in [6.07, 6.45) is 8.80. The molecule has 0 spiro atoms. The summed E-state index contributed by atoms with van der Waals surface area (Å²) in [6, 6.07) is 1.95. The summed E-state index contributed by atoms with van der Waals surface area (Å²) in [5.74, 6) is 0.881. The Morgan fingerprint density at radius 3 is 2.87 bits per heavy atom. The second-order valence-electron chi connectivity index (χ2n) is 6.41. The maximum absolute atomic E-state index is 12.5. The Kier molecular flexibility index (Phi) is 3.53. The molecule has 2 aliphatic rings. The van der Waals surface area contributed by atoms with Gasteiger partial charge in [0.2, 0.25) is 10.0 Å². The first-order valence-corrected chi connectivity index (χ1v) is 9.58. The summed E-state index contributed by atoms with van der Waals surface area (Å²) in [6.45, 7) is 1.58. The van der Waals surface area contributed by atoms with Crippen molar-refractivity contribution < 1.29 is 8.42 Å². The topological polar surface area (TPSA) is 70.8 Å². The number of rotatable bonds is 4. The molecule has 0 amide bonds. The van der Waals surface area contributed by atoms with E-state index in [2.05, 4.69) is 15.0 Å². The van der Waals surface area contributed by atoms with Gasteiger partial charge < -0.3 is 4.90 Å². The van der Waals surface area contributed by atoms with Gasteiger partial charge in [-0.05, 0) is 31.7 Å². The lowest BCUT2D eigenvalue weighted by molar-refractivity contribution is 0.319. The number of hydrogen-bond donors (Lipinski definition) is 0. The fraction of sp³-hybridized carbons (Fsp3) is 0.600. The van der Waals surface area contributed by atoms with Crippen molar-refractivity contribution in [3.63, 3.8) is 0 Å². The highest BCUT2D eigenvalue weighted by Crippen LogP contribution is 2.33. The van der Waals surface area contributed by atoms with Crippen LogP contribution in [-0.2, 0) is 10.0 Å². The van der Waals surface area contributed by atoms with E-state index in [1.165, 1.54) is 0 Å². The highest BCUT2D eigenvalue weighted by Gasteiger charge is 2.41. The van der Waals surface area contributed by atoms with Crippen molar-refractivity contribution >= 4 is 21.4 Å². The Bertz CT molecular complexity index is 814. The Morgan fingerprint density at radius 1 is 1.26 bits per heavy atom. The third-order valence-electron chi connectivity index (χ3n) is 4.86. The largest absolute Gasteiger partial charge is 0.353 e. The van der Waals surface area contributed by atoms with E-state index < -0.39 is 10.0 Å². The molecule has 0 N–H and O–H groups in total. The van der Waals surface area contributed by atoms with E-state index in [9.17, 15) is 8.42 Å². The molecule has 0 bridgehead atoms. The molecule has 4 rings (SSSR count). The molecule has 1 saturated heterocycles. The molecule has 1 atom stereocenters. The van der Waals surface area contributed by atoms with E-state index in [0.717, 1.165) is 43.6 Å². The van der Waals surface area contributed by atoms with Crippen molar-refractivity contribution in [3.05, 3.63) is 24.7 Å². The van der Waals surface area contributed by atoms with Gasteiger partial charge in [-0.2, -0.15) is 9.40 Å². The lowest BCUT2D eigenvalue weighted by Crippen LogP contribution is -2.49. The monoisotopic (exact) mass is 335 g/mol. The first-order valence-electron chi connectivity index (χ1n) is 8.07. The van der Waals surface area contributed by atoms with E-state index in [4.69, 9.17) is 0 Å². The predicted molar refractivity (Wildman–Crippen MR) is 87.9 cm³/mol. The van der Waals surface area contributed by atoms with Gasteiger partial charge in [0.15, 0.2) is 5.82 Å². The summed E-state index contributed by atoms with van der Waals surface area (Å²) in [5, 5.41) is 4.09. The maximum atomic E-state index is 12.5. The molecule has 0 aromatic carbocycles. The molecule has 2 aromatic rings. The minimum absolute atomic E-state index is 0.0133. The van der Waals surface area contributed by atoms with Gasteiger partial charge in [-0.3, -0.25) is 0 Å². The Labute approximate surface area is 136 Å². The summed E-state index contributed by atoms with van der Waals surface area (Å²) >= 11 is 0. The molecule has 0 radical (unpaired) electrons. The van der Waals surface area contributed by atoms with E-state index in [-0.39, 0.29) is 11.3 Å². The van der Waals surface area contributed by atoms with Crippen LogP contribution in [0.3, 0.4) is 0 Å². The standard InChI is InChI=1S/C15H21N5O2S/c1-18(23(21,22)13-4-5-13)12-3-2-9-19(11-12)15-14-6-7-17-20(14)10-8-16-15/h6-8,10,12-13H,2-5,9,11H2,1H3. The fourth-order valence-corrected chi connectivity index (χ4v) is 5.13. The molecule has 8 heteroatoms. The molecule has 7 nitrogen and oxygen atoms in total. The van der Waals surface area contributed by atoms with Crippen LogP contribution in [0.4, 0.5) is 5.82 Å². The van der Waals surface area contributed by atoms with E-state index in [0.29, 0.717) is 6.54 Å². The molecule has 1 aliphatic carbocycles. The van der Waals surface area contributed by atoms with Gasteiger partial charge in [0.25, 0.3) is 0 Å². The fourth-order valence-electron chi connectivity index (χ4n) is 3.34. The third-order valence-corrected chi connectivity index (χ3v) is 7.28. The highest BCUT2D eigenvalue weighted by atomic mass is 32.2. The number of nitrogens with zero attached hydrogens (tertiary/aromatic N) is 5. The molecular weight excluding hydrogens is 314 g/mol. The first-order chi connectivity index (χ1) is 11.1. The summed E-state index contributed by atoms with van der Waals surface area (Å²) in [4.78, 5) is 6.69. The summed E-state index contributed by atoms with van der Waals surface area (Å²) in [5.41, 5.74) is 0.959. The Hall–Kier alpha value is -1.67. The van der Waals surface area contributed by atoms with Gasteiger partial charge >= 0.3 is 0 Å². The lowest BCUT2D eigenvalue weighted by Gasteiger charge is -2.37. The smallest absolute Gasteiger partial charge is 0.217 e. The van der Waals surface area contributed by atoms with Gasteiger partial charge in [-0.25, -0.2) is 17.9 Å². The van der Waals surface area contributed by atoms with Gasteiger partial charge in [0.1, 0.15) is 5.52 Å². The van der Waals surface area contributed by atoms with Crippen LogP contribution in [0.5, 0.6) is 0 Å². The maximum Gasteiger partial charge on any atom is 0.217 e. The molecule has 2 aromatic heterocycles. The molecule has 1 aliphatic heterocycles. The number of fused-ring (bicyclic) bond motifs is 1. The van der Waals surface area contributed by atoms with Crippen molar-refractivity contribution in [1.82, 2.24) is 18.9 Å². The second-order valence-corrected chi connectivity index (χ2v) is 8.69. The number of aromatic nitrogens is 3. The number of likely N-dealkylation sites (N-methyl/N-ethyl adjacent to an activating group) is 1. The molecule has 1 unspecified atom stereocenters. The molecule has 1 saturated carbocycles. The Morgan fingerprint density at radius 2 is 2.09 bits per heavy atom. The zero-order chi connectivity index (χ0) is 16.0. The summed E-state index contributed by atoms with van der Waals surface area (Å²) in [7, 11) is -1.40. The van der Waals surface area contributed by atoms with Crippen LogP contribution in [0.2, 0.25) is 0 Å². The van der Waals surface area contributed by atoms with Crippen LogP contribution in [0.25, 0.3) is 5.52 Å². The average molecular weight is 335 g/mol. The van der Waals surface area contributed by atoms with Gasteiger partial charge in [-0.1, -0.05) is 0 Å².